The number of ether oxygens (including phenoxy) is 1. The van der Waals surface area contributed by atoms with E-state index in [0.717, 1.165) is 19.4 Å². The van der Waals surface area contributed by atoms with E-state index >= 15 is 0 Å². The molecule has 0 aliphatic carbocycles. The van der Waals surface area contributed by atoms with Gasteiger partial charge in [-0.05, 0) is 12.8 Å². The number of nitrogens with two attached hydrogens (primary N) is 1. The Labute approximate surface area is 83.3 Å². The molecule has 0 unspecified atom stereocenters. The van der Waals surface area contributed by atoms with E-state index in [1.807, 2.05) is 0 Å². The SMILES string of the molecule is N=C(N)N1CC[C@]2(C[C@@H](O)CCO2)C1. The second-order valence-electron chi connectivity index (χ2n) is 4.23. The molecule has 2 heterocycles. The van der Waals surface area contributed by atoms with Crippen LogP contribution in [0.1, 0.15) is 19.3 Å². The maximum absolute atomic E-state index is 9.58. The predicted molar refractivity (Wildman–Crippen MR) is 52.0 cm³/mol. The summed E-state index contributed by atoms with van der Waals surface area (Å²) < 4.78 is 5.72. The van der Waals surface area contributed by atoms with Crippen LogP contribution in [0.4, 0.5) is 0 Å². The van der Waals surface area contributed by atoms with E-state index in [1.54, 1.807) is 4.90 Å². The van der Waals surface area contributed by atoms with Crippen LogP contribution in [0.3, 0.4) is 0 Å². The number of hydrogen-bond acceptors (Lipinski definition) is 3. The Morgan fingerprint density at radius 3 is 3.00 bits per heavy atom. The molecule has 2 aliphatic heterocycles. The van der Waals surface area contributed by atoms with E-state index in [9.17, 15) is 5.11 Å². The first-order valence-electron chi connectivity index (χ1n) is 5.02. The summed E-state index contributed by atoms with van der Waals surface area (Å²) in [4.78, 5) is 1.80. The minimum atomic E-state index is -0.254. The monoisotopic (exact) mass is 199 g/mol. The lowest BCUT2D eigenvalue weighted by molar-refractivity contribution is -0.108. The van der Waals surface area contributed by atoms with E-state index in [0.29, 0.717) is 19.6 Å². The van der Waals surface area contributed by atoms with Crippen molar-refractivity contribution in [2.75, 3.05) is 19.7 Å². The Bertz CT molecular complexity index is 246. The van der Waals surface area contributed by atoms with Crippen molar-refractivity contribution in [2.45, 2.75) is 31.0 Å². The molecule has 0 amide bonds. The van der Waals surface area contributed by atoms with Crippen molar-refractivity contribution in [1.29, 1.82) is 5.41 Å². The average molecular weight is 199 g/mol. The highest BCUT2D eigenvalue weighted by atomic mass is 16.5. The third kappa shape index (κ3) is 1.69. The van der Waals surface area contributed by atoms with Gasteiger partial charge in [0.25, 0.3) is 0 Å². The molecule has 0 aromatic carbocycles. The van der Waals surface area contributed by atoms with Crippen molar-refractivity contribution in [3.05, 3.63) is 0 Å². The number of guanidine groups is 1. The zero-order valence-electron chi connectivity index (χ0n) is 8.20. The Hall–Kier alpha value is -0.810. The Morgan fingerprint density at radius 1 is 1.64 bits per heavy atom. The number of hydrogen-bond donors (Lipinski definition) is 3. The van der Waals surface area contributed by atoms with Crippen LogP contribution < -0.4 is 5.73 Å². The first-order chi connectivity index (χ1) is 6.61. The summed E-state index contributed by atoms with van der Waals surface area (Å²) in [5.74, 6) is 0.102. The van der Waals surface area contributed by atoms with Gasteiger partial charge in [-0.2, -0.15) is 0 Å². The second kappa shape index (κ2) is 3.40. The number of rotatable bonds is 0. The molecule has 5 heteroatoms. The molecule has 2 saturated heterocycles. The van der Waals surface area contributed by atoms with Gasteiger partial charge < -0.3 is 20.5 Å². The number of likely N-dealkylation sites (tertiary alicyclic amines) is 1. The Kier molecular flexibility index (Phi) is 2.36. The first-order valence-corrected chi connectivity index (χ1v) is 5.02. The molecular formula is C9H17N3O2. The van der Waals surface area contributed by atoms with Gasteiger partial charge in [-0.15, -0.1) is 0 Å². The molecule has 0 radical (unpaired) electrons. The number of aliphatic hydroxyl groups excluding tert-OH is 1. The van der Waals surface area contributed by atoms with Crippen molar-refractivity contribution >= 4 is 5.96 Å². The molecule has 2 rings (SSSR count). The normalized spacial score (nSPS) is 37.8. The van der Waals surface area contributed by atoms with Crippen LogP contribution in [0.2, 0.25) is 0 Å². The molecule has 2 aliphatic rings. The van der Waals surface area contributed by atoms with Crippen molar-refractivity contribution in [3.8, 4) is 0 Å². The summed E-state index contributed by atoms with van der Waals surface area (Å²) in [5, 5.41) is 16.9. The summed E-state index contributed by atoms with van der Waals surface area (Å²) in [6.45, 7) is 2.04. The van der Waals surface area contributed by atoms with Gasteiger partial charge in [-0.3, -0.25) is 5.41 Å². The first kappa shape index (κ1) is 9.73. The standard InChI is InChI=1S/C9H17N3O2/c10-8(11)12-3-2-9(6-12)5-7(13)1-4-14-9/h7,13H,1-6H2,(H3,10,11)/t7-,9-/m0/s1. The van der Waals surface area contributed by atoms with Crippen molar-refractivity contribution in [1.82, 2.24) is 4.90 Å². The summed E-state index contributed by atoms with van der Waals surface area (Å²) in [6.07, 6.45) is 2.01. The van der Waals surface area contributed by atoms with Crippen LogP contribution in [0.5, 0.6) is 0 Å². The summed E-state index contributed by atoms with van der Waals surface area (Å²) >= 11 is 0. The molecule has 14 heavy (non-hydrogen) atoms. The van der Waals surface area contributed by atoms with Gasteiger partial charge in [0, 0.05) is 26.1 Å². The molecule has 0 aromatic rings. The molecule has 4 N–H and O–H groups in total. The minimum absolute atomic E-state index is 0.102. The smallest absolute Gasteiger partial charge is 0.188 e. The zero-order valence-corrected chi connectivity index (χ0v) is 8.20. The van der Waals surface area contributed by atoms with Crippen LogP contribution in [0.25, 0.3) is 0 Å². The fourth-order valence-corrected chi connectivity index (χ4v) is 2.34. The topological polar surface area (TPSA) is 82.6 Å². The summed E-state index contributed by atoms with van der Waals surface area (Å²) in [7, 11) is 0. The van der Waals surface area contributed by atoms with Gasteiger partial charge in [0.05, 0.1) is 11.7 Å². The Balaban J connectivity index is 2.01. The fourth-order valence-electron chi connectivity index (χ4n) is 2.34. The van der Waals surface area contributed by atoms with Gasteiger partial charge in [0.1, 0.15) is 0 Å². The van der Waals surface area contributed by atoms with Crippen molar-refractivity contribution < 1.29 is 9.84 Å². The molecule has 0 aromatic heterocycles. The van der Waals surface area contributed by atoms with Gasteiger partial charge in [-0.25, -0.2) is 0 Å². The number of nitrogens with one attached hydrogen (secondary N) is 1. The van der Waals surface area contributed by atoms with E-state index in [-0.39, 0.29) is 17.7 Å². The van der Waals surface area contributed by atoms with E-state index in [1.165, 1.54) is 0 Å². The van der Waals surface area contributed by atoms with Gasteiger partial charge in [0.2, 0.25) is 0 Å². The molecule has 2 fully saturated rings. The molecule has 80 valence electrons. The average Bonchev–Trinajstić information content (AvgIpc) is 2.49. The fraction of sp³-hybridized carbons (Fsp3) is 0.889. The van der Waals surface area contributed by atoms with Crippen LogP contribution >= 0.6 is 0 Å². The van der Waals surface area contributed by atoms with E-state index in [2.05, 4.69) is 0 Å². The third-order valence-corrected chi connectivity index (χ3v) is 3.12. The lowest BCUT2D eigenvalue weighted by atomic mass is 9.91. The maximum atomic E-state index is 9.58. The molecule has 5 nitrogen and oxygen atoms in total. The molecule has 1 spiro atoms. The lowest BCUT2D eigenvalue weighted by Crippen LogP contribution is -2.45. The van der Waals surface area contributed by atoms with Crippen molar-refractivity contribution in [2.24, 2.45) is 5.73 Å². The van der Waals surface area contributed by atoms with Crippen LogP contribution in [-0.4, -0.2) is 47.4 Å². The molecule has 0 saturated carbocycles. The van der Waals surface area contributed by atoms with Gasteiger partial charge >= 0.3 is 0 Å². The van der Waals surface area contributed by atoms with Crippen LogP contribution in [0, 0.1) is 5.41 Å². The Morgan fingerprint density at radius 2 is 2.43 bits per heavy atom. The van der Waals surface area contributed by atoms with E-state index < -0.39 is 0 Å². The summed E-state index contributed by atoms with van der Waals surface area (Å²) in [6, 6.07) is 0. The van der Waals surface area contributed by atoms with Crippen molar-refractivity contribution in [3.63, 3.8) is 0 Å². The van der Waals surface area contributed by atoms with Gasteiger partial charge in [-0.1, -0.05) is 0 Å². The maximum Gasteiger partial charge on any atom is 0.188 e. The van der Waals surface area contributed by atoms with E-state index in [4.69, 9.17) is 15.9 Å². The largest absolute Gasteiger partial charge is 0.393 e. The third-order valence-electron chi connectivity index (χ3n) is 3.12. The van der Waals surface area contributed by atoms with Crippen LogP contribution in [-0.2, 0) is 4.74 Å². The highest BCUT2D eigenvalue weighted by Crippen LogP contribution is 2.33. The lowest BCUT2D eigenvalue weighted by Gasteiger charge is -2.36. The van der Waals surface area contributed by atoms with Crippen LogP contribution in [0.15, 0.2) is 0 Å². The minimum Gasteiger partial charge on any atom is -0.393 e. The molecular weight excluding hydrogens is 182 g/mol. The second-order valence-corrected chi connectivity index (χ2v) is 4.23. The zero-order chi connectivity index (χ0) is 10.2. The number of nitrogens with zero attached hydrogens (tertiary/aromatic N) is 1. The molecule has 2 atom stereocenters. The molecule has 0 bridgehead atoms. The number of aliphatic hydroxyl groups is 1. The highest BCUT2D eigenvalue weighted by molar-refractivity contribution is 5.75. The predicted octanol–water partition coefficient (Wildman–Crippen LogP) is -0.504. The van der Waals surface area contributed by atoms with Gasteiger partial charge in [0.15, 0.2) is 5.96 Å². The summed E-state index contributed by atoms with van der Waals surface area (Å²) in [5.41, 5.74) is 5.17. The quantitative estimate of drug-likeness (QED) is 0.362. The highest BCUT2D eigenvalue weighted by Gasteiger charge is 2.43.